The van der Waals surface area contributed by atoms with Gasteiger partial charge in [-0.1, -0.05) is 204 Å². The molecule has 0 saturated carbocycles. The van der Waals surface area contributed by atoms with E-state index in [1.807, 2.05) is 6.20 Å². The molecule has 322 valence electrons. The molecule has 8 rings (SSSR count). The van der Waals surface area contributed by atoms with Gasteiger partial charge in [-0.05, 0) is 108 Å². The van der Waals surface area contributed by atoms with Crippen molar-refractivity contribution in [2.24, 2.45) is 0 Å². The Morgan fingerprint density at radius 3 is 0.781 bits per heavy atom. The summed E-state index contributed by atoms with van der Waals surface area (Å²) in [5.41, 5.74) is 17.2. The van der Waals surface area contributed by atoms with E-state index in [4.69, 9.17) is 19.9 Å². The number of rotatable bonds is 7. The molecule has 4 nitrogen and oxygen atoms in total. The molecule has 0 aliphatic rings. The van der Waals surface area contributed by atoms with Crippen molar-refractivity contribution in [3.05, 3.63) is 180 Å². The van der Waals surface area contributed by atoms with Crippen LogP contribution in [0.5, 0.6) is 0 Å². The van der Waals surface area contributed by atoms with Crippen LogP contribution in [-0.4, -0.2) is 19.9 Å². The number of pyridine rings is 1. The predicted molar refractivity (Wildman–Crippen MR) is 270 cm³/mol. The molecule has 0 N–H and O–H groups in total. The Kier molecular flexibility index (Phi) is 11.6. The fourth-order valence-corrected chi connectivity index (χ4v) is 7.99. The highest BCUT2D eigenvalue weighted by Gasteiger charge is 2.19. The zero-order valence-electron chi connectivity index (χ0n) is 39.8. The van der Waals surface area contributed by atoms with Gasteiger partial charge in [0.15, 0.2) is 17.5 Å². The van der Waals surface area contributed by atoms with Crippen LogP contribution in [0.15, 0.2) is 158 Å². The van der Waals surface area contributed by atoms with Crippen LogP contribution in [0.2, 0.25) is 0 Å². The summed E-state index contributed by atoms with van der Waals surface area (Å²) in [5.74, 6) is 1.86. The van der Waals surface area contributed by atoms with Gasteiger partial charge < -0.3 is 0 Å². The second kappa shape index (κ2) is 16.9. The first-order valence-electron chi connectivity index (χ1n) is 22.6. The molecule has 0 spiro atoms. The van der Waals surface area contributed by atoms with Crippen molar-refractivity contribution in [3.8, 4) is 78.8 Å². The molecule has 0 amide bonds. The highest BCUT2D eigenvalue weighted by Crippen LogP contribution is 2.36. The fraction of sp³-hybridized carbons (Fsp3) is 0.267. The zero-order valence-corrected chi connectivity index (χ0v) is 39.8. The molecule has 0 saturated heterocycles. The first-order valence-corrected chi connectivity index (χ1v) is 22.6. The third kappa shape index (κ3) is 9.82. The van der Waals surface area contributed by atoms with Crippen molar-refractivity contribution in [3.63, 3.8) is 0 Å². The van der Waals surface area contributed by atoms with Crippen LogP contribution in [0.3, 0.4) is 0 Å². The monoisotopic (exact) mass is 838 g/mol. The van der Waals surface area contributed by atoms with Crippen molar-refractivity contribution >= 4 is 0 Å². The van der Waals surface area contributed by atoms with Crippen LogP contribution in [0.1, 0.15) is 105 Å². The molecular weight excluding hydrogens is 777 g/mol. The Labute approximate surface area is 382 Å². The van der Waals surface area contributed by atoms with E-state index in [-0.39, 0.29) is 21.7 Å². The lowest BCUT2D eigenvalue weighted by molar-refractivity contribution is 0.590. The zero-order chi connectivity index (χ0) is 45.6. The van der Waals surface area contributed by atoms with Gasteiger partial charge in [-0.25, -0.2) is 15.0 Å². The highest BCUT2D eigenvalue weighted by molar-refractivity contribution is 5.82. The third-order valence-corrected chi connectivity index (χ3v) is 12.3. The minimum absolute atomic E-state index is 0.0455. The molecule has 6 aromatic carbocycles. The fourth-order valence-electron chi connectivity index (χ4n) is 7.99. The second-order valence-corrected chi connectivity index (χ2v) is 21.4. The standard InChI is InChI=1S/C60H62N4/c1-57(2,3)49-26-17-40(18-27-49)47-35-46(36-48(37-47)41-19-28-50(29-20-41)58(4,5)6)39-13-15-42(16-14-39)53-34-25-45(38-61-53)56-63-54(43-21-30-51(31-22-43)59(7,8)9)62-55(64-56)44-23-32-52(33-24-44)60(10,11)12/h13-38H,1-12H3. The average Bonchev–Trinajstić information content (AvgIpc) is 3.28. The van der Waals surface area contributed by atoms with Gasteiger partial charge in [0.2, 0.25) is 0 Å². The van der Waals surface area contributed by atoms with Crippen molar-refractivity contribution < 1.29 is 0 Å². The number of aromatic nitrogens is 4. The third-order valence-electron chi connectivity index (χ3n) is 12.3. The average molecular weight is 839 g/mol. The Bertz CT molecular complexity index is 2520. The smallest absolute Gasteiger partial charge is 0.165 e. The van der Waals surface area contributed by atoms with Crippen LogP contribution < -0.4 is 0 Å². The lowest BCUT2D eigenvalue weighted by Crippen LogP contribution is -2.10. The maximum absolute atomic E-state index is 5.02. The van der Waals surface area contributed by atoms with E-state index < -0.39 is 0 Å². The maximum Gasteiger partial charge on any atom is 0.165 e. The van der Waals surface area contributed by atoms with Crippen LogP contribution in [0.4, 0.5) is 0 Å². The summed E-state index contributed by atoms with van der Waals surface area (Å²) in [6, 6.07) is 55.1. The van der Waals surface area contributed by atoms with Gasteiger partial charge in [-0.15, -0.1) is 0 Å². The molecule has 2 aromatic heterocycles. The first-order chi connectivity index (χ1) is 30.2. The molecule has 0 bridgehead atoms. The molecule has 0 radical (unpaired) electrons. The molecule has 0 aliphatic heterocycles. The van der Waals surface area contributed by atoms with E-state index in [9.17, 15) is 0 Å². The summed E-state index contributed by atoms with van der Waals surface area (Å²) in [6.45, 7) is 26.9. The van der Waals surface area contributed by atoms with Gasteiger partial charge in [0.25, 0.3) is 0 Å². The largest absolute Gasteiger partial charge is 0.255 e. The van der Waals surface area contributed by atoms with Crippen molar-refractivity contribution in [1.29, 1.82) is 0 Å². The second-order valence-electron chi connectivity index (χ2n) is 21.4. The molecule has 0 atom stereocenters. The molecule has 0 aliphatic carbocycles. The van der Waals surface area contributed by atoms with Crippen LogP contribution in [0.25, 0.3) is 78.8 Å². The summed E-state index contributed by atoms with van der Waals surface area (Å²) in [7, 11) is 0. The summed E-state index contributed by atoms with van der Waals surface area (Å²) in [6.07, 6.45) is 1.88. The van der Waals surface area contributed by atoms with Crippen molar-refractivity contribution in [1.82, 2.24) is 19.9 Å². The van der Waals surface area contributed by atoms with Gasteiger partial charge in [0.05, 0.1) is 5.69 Å². The van der Waals surface area contributed by atoms with E-state index in [0.29, 0.717) is 17.5 Å². The number of hydrogen-bond donors (Lipinski definition) is 0. The summed E-state index contributed by atoms with van der Waals surface area (Å²) in [4.78, 5) is 20.0. The van der Waals surface area contributed by atoms with E-state index in [1.54, 1.807) is 0 Å². The molecule has 8 aromatic rings. The Morgan fingerprint density at radius 1 is 0.250 bits per heavy atom. The molecule has 0 unspecified atom stereocenters. The van der Waals surface area contributed by atoms with Crippen LogP contribution >= 0.6 is 0 Å². The quantitative estimate of drug-likeness (QED) is 0.160. The minimum Gasteiger partial charge on any atom is -0.255 e. The SMILES string of the molecule is CC(C)(C)c1ccc(-c2cc(-c3ccc(-c4ccc(-c5nc(-c6ccc(C(C)(C)C)cc6)nc(-c6ccc(C(C)(C)C)cc6)n5)cn4)cc3)cc(-c3ccc(C(C)(C)C)cc3)c2)cc1. The predicted octanol–water partition coefficient (Wildman–Crippen LogP) is 16.1. The van der Waals surface area contributed by atoms with Gasteiger partial charge in [0, 0.05) is 28.5 Å². The van der Waals surface area contributed by atoms with Crippen LogP contribution in [-0.2, 0) is 21.7 Å². The molecule has 0 fully saturated rings. The van der Waals surface area contributed by atoms with E-state index >= 15 is 0 Å². The summed E-state index contributed by atoms with van der Waals surface area (Å²) >= 11 is 0. The van der Waals surface area contributed by atoms with E-state index in [1.165, 1.54) is 50.1 Å². The van der Waals surface area contributed by atoms with Gasteiger partial charge in [-0.2, -0.15) is 0 Å². The lowest BCUT2D eigenvalue weighted by Gasteiger charge is -2.20. The molecular formula is C60H62N4. The number of nitrogens with zero attached hydrogens (tertiary/aromatic N) is 4. The number of benzene rings is 6. The first kappa shape index (κ1) is 44.1. The topological polar surface area (TPSA) is 51.6 Å². The van der Waals surface area contributed by atoms with E-state index in [0.717, 1.165) is 33.5 Å². The Morgan fingerprint density at radius 2 is 0.500 bits per heavy atom. The lowest BCUT2D eigenvalue weighted by atomic mass is 9.85. The van der Waals surface area contributed by atoms with E-state index in [2.05, 4.69) is 235 Å². The van der Waals surface area contributed by atoms with Gasteiger partial charge >= 0.3 is 0 Å². The molecule has 64 heavy (non-hydrogen) atoms. The summed E-state index contributed by atoms with van der Waals surface area (Å²) < 4.78 is 0. The van der Waals surface area contributed by atoms with Gasteiger partial charge in [-0.3, -0.25) is 4.98 Å². The van der Waals surface area contributed by atoms with Crippen molar-refractivity contribution in [2.45, 2.75) is 105 Å². The Hall–Kier alpha value is -6.52. The maximum atomic E-state index is 5.02. The normalized spacial score (nSPS) is 12.4. The Balaban J connectivity index is 1.12. The number of hydrogen-bond acceptors (Lipinski definition) is 4. The molecule has 2 heterocycles. The summed E-state index contributed by atoms with van der Waals surface area (Å²) in [5, 5.41) is 0. The molecule has 4 heteroatoms. The van der Waals surface area contributed by atoms with Crippen LogP contribution in [0, 0.1) is 0 Å². The minimum atomic E-state index is 0.0455. The highest BCUT2D eigenvalue weighted by atomic mass is 15.0. The van der Waals surface area contributed by atoms with Gasteiger partial charge in [0.1, 0.15) is 0 Å². The van der Waals surface area contributed by atoms with Crippen molar-refractivity contribution in [2.75, 3.05) is 0 Å².